The van der Waals surface area contributed by atoms with E-state index in [9.17, 15) is 9.59 Å². The minimum absolute atomic E-state index is 0.160. The monoisotopic (exact) mass is 557 g/mol. The standard InChI is InChI=1S/C31H35N5O5/c1-34(2)18-22-12-13-23-19-36(25-11-7-6-9-20(25)17-35(22)23)30(38)24-10-8-14-33-27(24)31(41-5)16-21(29(32)37)15-26(39-3)28(31)40-4/h6-16,28H,17-19H2,1-5H3,(H2,32,37). The molecule has 2 aliphatic rings. The largest absolute Gasteiger partial charge is 0.498 e. The summed E-state index contributed by atoms with van der Waals surface area (Å²) in [6, 6.07) is 15.5. The zero-order chi connectivity index (χ0) is 29.3. The van der Waals surface area contributed by atoms with Crippen molar-refractivity contribution in [3.8, 4) is 0 Å². The van der Waals surface area contributed by atoms with E-state index in [0.717, 1.165) is 23.5 Å². The van der Waals surface area contributed by atoms with Gasteiger partial charge >= 0.3 is 0 Å². The van der Waals surface area contributed by atoms with E-state index in [4.69, 9.17) is 19.9 Å². The quantitative estimate of drug-likeness (QED) is 0.453. The highest BCUT2D eigenvalue weighted by Crippen LogP contribution is 2.42. The number of carbonyl (C=O) groups is 2. The molecule has 0 spiro atoms. The second-order valence-corrected chi connectivity index (χ2v) is 10.4. The van der Waals surface area contributed by atoms with Gasteiger partial charge < -0.3 is 34.3 Å². The highest BCUT2D eigenvalue weighted by molar-refractivity contribution is 6.07. The number of fused-ring (bicyclic) bond motifs is 2. The van der Waals surface area contributed by atoms with Crippen molar-refractivity contribution in [2.24, 2.45) is 5.73 Å². The minimum Gasteiger partial charge on any atom is -0.498 e. The number of nitrogens with zero attached hydrogens (tertiary/aromatic N) is 4. The second-order valence-electron chi connectivity index (χ2n) is 10.4. The Morgan fingerprint density at radius 3 is 2.54 bits per heavy atom. The summed E-state index contributed by atoms with van der Waals surface area (Å²) in [6.07, 6.45) is 3.81. The number of pyridine rings is 1. The number of rotatable bonds is 8. The lowest BCUT2D eigenvalue weighted by molar-refractivity contribution is -0.116. The molecule has 2 amide bonds. The molecule has 0 radical (unpaired) electrons. The number of anilines is 1. The van der Waals surface area contributed by atoms with Gasteiger partial charge in [-0.25, -0.2) is 0 Å². The molecule has 3 aromatic rings. The molecule has 1 aliphatic heterocycles. The molecule has 0 saturated heterocycles. The van der Waals surface area contributed by atoms with Crippen LogP contribution < -0.4 is 10.6 Å². The average molecular weight is 558 g/mol. The fraction of sp³-hybridized carbons (Fsp3) is 0.323. The summed E-state index contributed by atoms with van der Waals surface area (Å²) in [5, 5.41) is 0. The summed E-state index contributed by atoms with van der Waals surface area (Å²) in [5.41, 5.74) is 8.98. The van der Waals surface area contributed by atoms with Gasteiger partial charge in [-0.15, -0.1) is 0 Å². The molecule has 0 bridgehead atoms. The molecule has 2 aromatic heterocycles. The second kappa shape index (κ2) is 11.3. The predicted molar refractivity (Wildman–Crippen MR) is 154 cm³/mol. The van der Waals surface area contributed by atoms with Gasteiger partial charge in [-0.3, -0.25) is 14.6 Å². The van der Waals surface area contributed by atoms with Crippen molar-refractivity contribution in [2.75, 3.05) is 40.3 Å². The van der Waals surface area contributed by atoms with E-state index in [1.165, 1.54) is 33.1 Å². The Hall–Kier alpha value is -4.25. The number of hydrogen-bond donors (Lipinski definition) is 1. The summed E-state index contributed by atoms with van der Waals surface area (Å²) in [7, 11) is 8.53. The Morgan fingerprint density at radius 2 is 1.85 bits per heavy atom. The van der Waals surface area contributed by atoms with Crippen molar-refractivity contribution < 1.29 is 23.8 Å². The third kappa shape index (κ3) is 4.94. The first-order valence-corrected chi connectivity index (χ1v) is 13.3. The molecule has 2 atom stereocenters. The van der Waals surface area contributed by atoms with Crippen LogP contribution in [0.1, 0.15) is 33.0 Å². The summed E-state index contributed by atoms with van der Waals surface area (Å²) in [6.45, 7) is 1.78. The lowest BCUT2D eigenvalue weighted by Crippen LogP contribution is -2.47. The third-order valence-electron chi connectivity index (χ3n) is 7.63. The Labute approximate surface area is 239 Å². The van der Waals surface area contributed by atoms with Crippen LogP contribution in [-0.4, -0.2) is 67.8 Å². The minimum atomic E-state index is -1.48. The molecule has 0 saturated carbocycles. The fourth-order valence-corrected chi connectivity index (χ4v) is 5.74. The van der Waals surface area contributed by atoms with E-state index in [2.05, 4.69) is 26.6 Å². The maximum atomic E-state index is 14.6. The van der Waals surface area contributed by atoms with Gasteiger partial charge in [0.1, 0.15) is 5.76 Å². The zero-order valence-corrected chi connectivity index (χ0v) is 24.0. The van der Waals surface area contributed by atoms with Gasteiger partial charge in [-0.2, -0.15) is 0 Å². The lowest BCUT2D eigenvalue weighted by Gasteiger charge is -2.40. The fourth-order valence-electron chi connectivity index (χ4n) is 5.74. The van der Waals surface area contributed by atoms with Crippen LogP contribution in [0.5, 0.6) is 0 Å². The van der Waals surface area contributed by atoms with Crippen molar-refractivity contribution in [1.29, 1.82) is 0 Å². The first-order chi connectivity index (χ1) is 19.7. The van der Waals surface area contributed by atoms with Gasteiger partial charge in [0.15, 0.2) is 11.7 Å². The van der Waals surface area contributed by atoms with Crippen LogP contribution in [-0.2, 0) is 44.2 Å². The molecule has 10 nitrogen and oxygen atoms in total. The van der Waals surface area contributed by atoms with Crippen LogP contribution in [0.4, 0.5) is 5.69 Å². The maximum absolute atomic E-state index is 14.6. The highest BCUT2D eigenvalue weighted by atomic mass is 16.6. The van der Waals surface area contributed by atoms with E-state index in [1.807, 2.05) is 38.4 Å². The van der Waals surface area contributed by atoms with Crippen LogP contribution in [0.15, 0.2) is 78.2 Å². The molecule has 2 unspecified atom stereocenters. The smallest absolute Gasteiger partial charge is 0.260 e. The summed E-state index contributed by atoms with van der Waals surface area (Å²) < 4.78 is 19.8. The van der Waals surface area contributed by atoms with Crippen molar-refractivity contribution >= 4 is 17.5 Å². The molecule has 214 valence electrons. The normalized spacial score (nSPS) is 20.0. The van der Waals surface area contributed by atoms with Crippen LogP contribution in [0, 0.1) is 0 Å². The number of carbonyl (C=O) groups excluding carboxylic acids is 2. The molecule has 1 aromatic carbocycles. The molecular formula is C31H35N5O5. The molecule has 41 heavy (non-hydrogen) atoms. The van der Waals surface area contributed by atoms with Gasteiger partial charge in [0.2, 0.25) is 5.91 Å². The van der Waals surface area contributed by atoms with Crippen molar-refractivity contribution in [2.45, 2.75) is 31.3 Å². The third-order valence-corrected chi connectivity index (χ3v) is 7.63. The van der Waals surface area contributed by atoms with E-state index in [1.54, 1.807) is 29.3 Å². The number of nitrogens with two attached hydrogens (primary N) is 1. The van der Waals surface area contributed by atoms with E-state index in [0.29, 0.717) is 24.4 Å². The van der Waals surface area contributed by atoms with Crippen molar-refractivity contribution in [3.63, 3.8) is 0 Å². The zero-order valence-electron chi connectivity index (χ0n) is 24.0. The van der Waals surface area contributed by atoms with Crippen LogP contribution in [0.25, 0.3) is 0 Å². The molecule has 10 heteroatoms. The van der Waals surface area contributed by atoms with Gasteiger partial charge in [0.25, 0.3) is 5.91 Å². The van der Waals surface area contributed by atoms with Crippen LogP contribution in [0.2, 0.25) is 0 Å². The van der Waals surface area contributed by atoms with Gasteiger partial charge in [-0.1, -0.05) is 18.2 Å². The lowest BCUT2D eigenvalue weighted by atomic mass is 9.81. The number of methoxy groups -OCH3 is 3. The summed E-state index contributed by atoms with van der Waals surface area (Å²) in [4.78, 5) is 35.5. The Kier molecular flexibility index (Phi) is 7.81. The Balaban J connectivity index is 1.66. The Morgan fingerprint density at radius 1 is 1.07 bits per heavy atom. The average Bonchev–Trinajstić information content (AvgIpc) is 3.25. The molecule has 2 N–H and O–H groups in total. The molecule has 1 aliphatic carbocycles. The maximum Gasteiger partial charge on any atom is 0.260 e. The highest BCUT2D eigenvalue weighted by Gasteiger charge is 2.49. The van der Waals surface area contributed by atoms with E-state index in [-0.39, 0.29) is 17.2 Å². The SMILES string of the molecule is COC1=CC(C(N)=O)=CC(OC)(c2ncccc2C(=O)N2Cc3ccc(CN(C)C)n3Cc3ccccc32)C1OC. The number of benzene rings is 1. The van der Waals surface area contributed by atoms with Gasteiger partial charge in [0.05, 0.1) is 24.9 Å². The van der Waals surface area contributed by atoms with Crippen molar-refractivity contribution in [3.05, 3.63) is 106 Å². The molecular weight excluding hydrogens is 522 g/mol. The number of ether oxygens (including phenoxy) is 3. The number of hydrogen-bond acceptors (Lipinski definition) is 7. The molecule has 3 heterocycles. The van der Waals surface area contributed by atoms with Crippen molar-refractivity contribution in [1.82, 2.24) is 14.5 Å². The number of aromatic nitrogens is 2. The summed E-state index contributed by atoms with van der Waals surface area (Å²) >= 11 is 0. The van der Waals surface area contributed by atoms with E-state index < -0.39 is 17.6 Å². The first kappa shape index (κ1) is 28.3. The Bertz CT molecular complexity index is 1540. The predicted octanol–water partition coefficient (Wildman–Crippen LogP) is 2.97. The van der Waals surface area contributed by atoms with Gasteiger partial charge in [0, 0.05) is 56.2 Å². The number of amides is 2. The first-order valence-electron chi connectivity index (χ1n) is 13.3. The number of primary amides is 1. The summed E-state index contributed by atoms with van der Waals surface area (Å²) in [5.74, 6) is -0.616. The number of para-hydroxylation sites is 1. The topological polar surface area (TPSA) is 112 Å². The van der Waals surface area contributed by atoms with Crippen LogP contribution >= 0.6 is 0 Å². The van der Waals surface area contributed by atoms with E-state index >= 15 is 0 Å². The van der Waals surface area contributed by atoms with Gasteiger partial charge in [-0.05, 0) is 62.1 Å². The van der Waals surface area contributed by atoms with Crippen LogP contribution in [0.3, 0.4) is 0 Å². The molecule has 0 fully saturated rings. The molecule has 5 rings (SSSR count).